The van der Waals surface area contributed by atoms with E-state index in [0.29, 0.717) is 25.7 Å². The van der Waals surface area contributed by atoms with Gasteiger partial charge in [-0.15, -0.1) is 0 Å². The van der Waals surface area contributed by atoms with Crippen molar-refractivity contribution in [3.63, 3.8) is 0 Å². The minimum absolute atomic E-state index is 0.153. The summed E-state index contributed by atoms with van der Waals surface area (Å²) in [5, 5.41) is 0. The van der Waals surface area contributed by atoms with E-state index in [-0.39, 0.29) is 6.61 Å². The lowest BCUT2D eigenvalue weighted by Crippen LogP contribution is -2.40. The largest absolute Gasteiger partial charge is 0.379 e. The second-order valence-electron chi connectivity index (χ2n) is 3.55. The predicted molar refractivity (Wildman–Crippen MR) is 53.6 cm³/mol. The number of carbonyl (C=O) groups excluding carboxylic acids is 1. The van der Waals surface area contributed by atoms with Crippen molar-refractivity contribution in [2.45, 2.75) is 19.9 Å². The molecule has 84 valence electrons. The zero-order valence-corrected chi connectivity index (χ0v) is 8.86. The molecule has 0 rings (SSSR count). The molecule has 0 aromatic rings. The van der Waals surface area contributed by atoms with E-state index in [9.17, 15) is 4.79 Å². The topological polar surface area (TPSA) is 87.6 Å². The van der Waals surface area contributed by atoms with Crippen LogP contribution in [0, 0.1) is 5.92 Å². The molecular weight excluding hydrogens is 184 g/mol. The Morgan fingerprint density at radius 2 is 1.71 bits per heavy atom. The van der Waals surface area contributed by atoms with Crippen LogP contribution in [0.4, 0.5) is 0 Å². The van der Waals surface area contributed by atoms with Crippen molar-refractivity contribution < 1.29 is 14.3 Å². The lowest BCUT2D eigenvalue weighted by atomic mass is 10.2. The van der Waals surface area contributed by atoms with Crippen LogP contribution in [0.1, 0.15) is 13.8 Å². The Balaban J connectivity index is 3.17. The van der Waals surface area contributed by atoms with E-state index in [1.54, 1.807) is 0 Å². The molecule has 1 unspecified atom stereocenters. The summed E-state index contributed by atoms with van der Waals surface area (Å²) >= 11 is 0. The number of ether oxygens (including phenoxy) is 2. The molecule has 0 saturated carbocycles. The fraction of sp³-hybridized carbons (Fsp3) is 0.889. The third kappa shape index (κ3) is 7.97. The Morgan fingerprint density at radius 1 is 1.21 bits per heavy atom. The van der Waals surface area contributed by atoms with Crippen LogP contribution in [-0.4, -0.2) is 38.4 Å². The van der Waals surface area contributed by atoms with Crippen molar-refractivity contribution in [3.8, 4) is 0 Å². The summed E-state index contributed by atoms with van der Waals surface area (Å²) in [5.41, 5.74) is 10.3. The maximum atomic E-state index is 10.5. The fourth-order valence-corrected chi connectivity index (χ4v) is 0.729. The van der Waals surface area contributed by atoms with Gasteiger partial charge in [-0.2, -0.15) is 0 Å². The molecule has 1 atom stereocenters. The number of carbonyl (C=O) groups is 1. The van der Waals surface area contributed by atoms with Gasteiger partial charge in [0.25, 0.3) is 0 Å². The minimum atomic E-state index is -0.722. The van der Waals surface area contributed by atoms with Crippen LogP contribution in [0.5, 0.6) is 0 Å². The van der Waals surface area contributed by atoms with E-state index in [1.807, 2.05) is 0 Å². The minimum Gasteiger partial charge on any atom is -0.379 e. The molecule has 0 aromatic carbocycles. The average Bonchev–Trinajstić information content (AvgIpc) is 2.09. The van der Waals surface area contributed by atoms with Crippen LogP contribution in [-0.2, 0) is 14.3 Å². The Hall–Kier alpha value is -0.650. The van der Waals surface area contributed by atoms with E-state index in [1.165, 1.54) is 0 Å². The Morgan fingerprint density at radius 3 is 2.14 bits per heavy atom. The first-order chi connectivity index (χ1) is 6.54. The van der Waals surface area contributed by atoms with Gasteiger partial charge in [-0.05, 0) is 5.92 Å². The molecule has 4 N–H and O–H groups in total. The smallest absolute Gasteiger partial charge is 0.236 e. The number of amides is 1. The van der Waals surface area contributed by atoms with E-state index >= 15 is 0 Å². The van der Waals surface area contributed by atoms with Crippen LogP contribution in [0.3, 0.4) is 0 Å². The molecule has 0 aliphatic heterocycles. The van der Waals surface area contributed by atoms with Gasteiger partial charge < -0.3 is 20.9 Å². The van der Waals surface area contributed by atoms with Gasteiger partial charge >= 0.3 is 0 Å². The Labute approximate surface area is 84.7 Å². The van der Waals surface area contributed by atoms with E-state index < -0.39 is 11.9 Å². The van der Waals surface area contributed by atoms with Crippen LogP contribution in [0.25, 0.3) is 0 Å². The number of primary amides is 1. The van der Waals surface area contributed by atoms with Gasteiger partial charge in [0.1, 0.15) is 6.04 Å². The van der Waals surface area contributed by atoms with Gasteiger partial charge in [-0.25, -0.2) is 0 Å². The molecule has 0 heterocycles. The fourth-order valence-electron chi connectivity index (χ4n) is 0.729. The van der Waals surface area contributed by atoms with E-state index in [0.717, 1.165) is 0 Å². The summed E-state index contributed by atoms with van der Waals surface area (Å²) in [7, 11) is 0. The van der Waals surface area contributed by atoms with Crippen LogP contribution in [0.2, 0.25) is 0 Å². The van der Waals surface area contributed by atoms with Crippen molar-refractivity contribution in [2.24, 2.45) is 17.4 Å². The molecule has 0 aliphatic rings. The maximum absolute atomic E-state index is 10.5. The van der Waals surface area contributed by atoms with Crippen molar-refractivity contribution >= 4 is 5.91 Å². The third-order valence-corrected chi connectivity index (χ3v) is 1.49. The van der Waals surface area contributed by atoms with E-state index in [4.69, 9.17) is 20.9 Å². The molecule has 1 amide bonds. The summed E-state index contributed by atoms with van der Waals surface area (Å²) in [4.78, 5) is 10.5. The van der Waals surface area contributed by atoms with Crippen LogP contribution < -0.4 is 11.5 Å². The van der Waals surface area contributed by atoms with Gasteiger partial charge in [0.2, 0.25) is 5.91 Å². The Kier molecular flexibility index (Phi) is 7.37. The maximum Gasteiger partial charge on any atom is 0.236 e. The molecule has 5 nitrogen and oxygen atoms in total. The number of nitrogens with two attached hydrogens (primary N) is 2. The SMILES string of the molecule is CC(C)COCCOCC(N)C(N)=O. The summed E-state index contributed by atoms with van der Waals surface area (Å²) in [6.45, 7) is 5.97. The highest BCUT2D eigenvalue weighted by Crippen LogP contribution is 1.92. The molecule has 0 spiro atoms. The molecule has 5 heteroatoms. The molecule has 0 saturated heterocycles. The number of rotatable bonds is 8. The predicted octanol–water partition coefficient (Wildman–Crippen LogP) is -0.512. The normalized spacial score (nSPS) is 13.1. The van der Waals surface area contributed by atoms with Gasteiger partial charge in [0.15, 0.2) is 0 Å². The first kappa shape index (κ1) is 13.4. The highest BCUT2D eigenvalue weighted by molar-refractivity contribution is 5.79. The van der Waals surface area contributed by atoms with Crippen molar-refractivity contribution in [1.29, 1.82) is 0 Å². The van der Waals surface area contributed by atoms with E-state index in [2.05, 4.69) is 13.8 Å². The van der Waals surface area contributed by atoms with Gasteiger partial charge in [-0.1, -0.05) is 13.8 Å². The van der Waals surface area contributed by atoms with Gasteiger partial charge in [-0.3, -0.25) is 4.79 Å². The zero-order chi connectivity index (χ0) is 11.0. The molecule has 0 bridgehead atoms. The third-order valence-electron chi connectivity index (χ3n) is 1.49. The monoisotopic (exact) mass is 204 g/mol. The van der Waals surface area contributed by atoms with Crippen molar-refractivity contribution in [3.05, 3.63) is 0 Å². The standard InChI is InChI=1S/C9H20N2O3/c1-7(2)5-13-3-4-14-6-8(10)9(11)12/h7-8H,3-6,10H2,1-2H3,(H2,11,12). The molecular formula is C9H20N2O3. The lowest BCUT2D eigenvalue weighted by molar-refractivity contribution is -0.120. The molecule has 0 aromatic heterocycles. The zero-order valence-electron chi connectivity index (χ0n) is 8.86. The second-order valence-corrected chi connectivity index (χ2v) is 3.55. The van der Waals surface area contributed by atoms with Crippen molar-refractivity contribution in [1.82, 2.24) is 0 Å². The summed E-state index contributed by atoms with van der Waals surface area (Å²) in [6, 6.07) is -0.722. The molecule has 14 heavy (non-hydrogen) atoms. The summed E-state index contributed by atoms with van der Waals surface area (Å²) in [5.74, 6) is -0.0315. The lowest BCUT2D eigenvalue weighted by Gasteiger charge is -2.09. The first-order valence-corrected chi connectivity index (χ1v) is 4.74. The first-order valence-electron chi connectivity index (χ1n) is 4.74. The second kappa shape index (κ2) is 7.73. The van der Waals surface area contributed by atoms with Crippen LogP contribution in [0.15, 0.2) is 0 Å². The van der Waals surface area contributed by atoms with Crippen molar-refractivity contribution in [2.75, 3.05) is 26.4 Å². The van der Waals surface area contributed by atoms with Gasteiger partial charge in [0.05, 0.1) is 19.8 Å². The van der Waals surface area contributed by atoms with Gasteiger partial charge in [0, 0.05) is 6.61 Å². The highest BCUT2D eigenvalue weighted by Gasteiger charge is 2.08. The highest BCUT2D eigenvalue weighted by atomic mass is 16.5. The Bertz CT molecular complexity index is 162. The summed E-state index contributed by atoms with van der Waals surface area (Å²) < 4.78 is 10.3. The molecule has 0 radical (unpaired) electrons. The molecule has 0 aliphatic carbocycles. The van der Waals surface area contributed by atoms with Crippen LogP contribution >= 0.6 is 0 Å². The summed E-state index contributed by atoms with van der Waals surface area (Å²) in [6.07, 6.45) is 0. The molecule has 0 fully saturated rings. The number of hydrogen-bond acceptors (Lipinski definition) is 4. The number of hydrogen-bond donors (Lipinski definition) is 2. The quantitative estimate of drug-likeness (QED) is 0.521. The average molecular weight is 204 g/mol.